The van der Waals surface area contributed by atoms with Crippen molar-refractivity contribution in [3.63, 3.8) is 0 Å². The molecule has 0 saturated carbocycles. The van der Waals surface area contributed by atoms with Crippen LogP contribution in [0.2, 0.25) is 0 Å². The van der Waals surface area contributed by atoms with Crippen molar-refractivity contribution in [2.75, 3.05) is 20.8 Å². The molecule has 5 heteroatoms. The molecule has 3 atom stereocenters. The number of hydrogen-bond acceptors (Lipinski definition) is 3. The van der Waals surface area contributed by atoms with Crippen LogP contribution in [-0.4, -0.2) is 26.9 Å². The highest BCUT2D eigenvalue weighted by Crippen LogP contribution is 2.46. The number of ether oxygens (including phenoxy) is 3. The smallest absolute Gasteiger partial charge is 0.133 e. The summed E-state index contributed by atoms with van der Waals surface area (Å²) in [5.41, 5.74) is 1.11. The summed E-state index contributed by atoms with van der Waals surface area (Å²) in [5.74, 6) is 2.14. The Bertz CT molecular complexity index is 465. The Morgan fingerprint density at radius 2 is 2.00 bits per heavy atom. The van der Waals surface area contributed by atoms with Gasteiger partial charge in [-0.1, -0.05) is 22.9 Å². The van der Waals surface area contributed by atoms with Crippen LogP contribution >= 0.6 is 31.9 Å². The van der Waals surface area contributed by atoms with Crippen LogP contribution in [0.5, 0.6) is 11.5 Å². The molecular weight excluding hydrogens is 388 g/mol. The van der Waals surface area contributed by atoms with E-state index in [-0.39, 0.29) is 4.83 Å². The Hall–Kier alpha value is -0.260. The molecule has 1 aromatic carbocycles. The molecule has 1 saturated heterocycles. The fraction of sp³-hybridized carbons (Fsp3) is 0.600. The molecule has 1 heterocycles. The maximum Gasteiger partial charge on any atom is 0.133 e. The van der Waals surface area contributed by atoms with E-state index in [1.807, 2.05) is 12.1 Å². The number of rotatable bonds is 5. The third-order valence-corrected chi connectivity index (χ3v) is 5.63. The average molecular weight is 408 g/mol. The minimum atomic E-state index is 0.201. The molecule has 20 heavy (non-hydrogen) atoms. The molecule has 3 nitrogen and oxygen atoms in total. The van der Waals surface area contributed by atoms with Crippen LogP contribution in [0.3, 0.4) is 0 Å². The van der Waals surface area contributed by atoms with Crippen LogP contribution in [0.1, 0.15) is 30.2 Å². The average Bonchev–Trinajstić information content (AvgIpc) is 2.94. The van der Waals surface area contributed by atoms with Gasteiger partial charge in [0.2, 0.25) is 0 Å². The second kappa shape index (κ2) is 7.14. The summed E-state index contributed by atoms with van der Waals surface area (Å²) in [6.07, 6.45) is 2.40. The van der Waals surface area contributed by atoms with Crippen molar-refractivity contribution in [2.45, 2.75) is 30.7 Å². The van der Waals surface area contributed by atoms with Crippen LogP contribution in [0.4, 0.5) is 0 Å². The molecule has 0 bridgehead atoms. The molecule has 0 N–H and O–H groups in total. The predicted octanol–water partition coefficient (Wildman–Crippen LogP) is 4.72. The molecule has 1 aliphatic heterocycles. The van der Waals surface area contributed by atoms with Gasteiger partial charge in [0.25, 0.3) is 0 Å². The van der Waals surface area contributed by atoms with E-state index in [0.29, 0.717) is 12.0 Å². The van der Waals surface area contributed by atoms with Gasteiger partial charge in [-0.3, -0.25) is 0 Å². The second-order valence-corrected chi connectivity index (χ2v) is 6.74. The molecule has 3 unspecified atom stereocenters. The van der Waals surface area contributed by atoms with Gasteiger partial charge in [-0.05, 0) is 40.9 Å². The summed E-state index contributed by atoms with van der Waals surface area (Å²) in [7, 11) is 3.37. The van der Waals surface area contributed by atoms with Crippen molar-refractivity contribution < 1.29 is 14.2 Å². The minimum Gasteiger partial charge on any atom is -0.496 e. The van der Waals surface area contributed by atoms with Gasteiger partial charge >= 0.3 is 0 Å². The van der Waals surface area contributed by atoms with Crippen molar-refractivity contribution >= 4 is 31.9 Å². The first-order chi connectivity index (χ1) is 9.62. The van der Waals surface area contributed by atoms with Crippen LogP contribution in [0, 0.1) is 5.92 Å². The quantitative estimate of drug-likeness (QED) is 0.661. The summed E-state index contributed by atoms with van der Waals surface area (Å²) in [6, 6.07) is 3.99. The summed E-state index contributed by atoms with van der Waals surface area (Å²) in [5, 5.41) is 0. The summed E-state index contributed by atoms with van der Waals surface area (Å²) >= 11 is 7.34. The summed E-state index contributed by atoms with van der Waals surface area (Å²) in [6.45, 7) is 3.00. The molecular formula is C15H20Br2O3. The zero-order valence-electron chi connectivity index (χ0n) is 12.0. The highest BCUT2D eigenvalue weighted by Gasteiger charge is 2.34. The van der Waals surface area contributed by atoms with Gasteiger partial charge in [0.15, 0.2) is 0 Å². The topological polar surface area (TPSA) is 27.7 Å². The zero-order chi connectivity index (χ0) is 14.7. The molecule has 1 fully saturated rings. The first-order valence-corrected chi connectivity index (χ1v) is 8.50. The third-order valence-electron chi connectivity index (χ3n) is 3.84. The number of hydrogen-bond donors (Lipinski definition) is 0. The van der Waals surface area contributed by atoms with Crippen molar-refractivity contribution in [1.29, 1.82) is 0 Å². The van der Waals surface area contributed by atoms with Gasteiger partial charge in [-0.2, -0.15) is 0 Å². The summed E-state index contributed by atoms with van der Waals surface area (Å²) < 4.78 is 17.6. The largest absolute Gasteiger partial charge is 0.496 e. The van der Waals surface area contributed by atoms with E-state index in [2.05, 4.69) is 38.8 Å². The number of halogens is 2. The third kappa shape index (κ3) is 3.15. The Balaban J connectivity index is 2.35. The molecule has 0 radical (unpaired) electrons. The maximum atomic E-state index is 5.80. The van der Waals surface area contributed by atoms with Crippen molar-refractivity contribution in [3.8, 4) is 11.5 Å². The molecule has 2 rings (SSSR count). The number of alkyl halides is 1. The highest BCUT2D eigenvalue weighted by molar-refractivity contribution is 9.10. The van der Waals surface area contributed by atoms with Gasteiger partial charge in [0, 0.05) is 22.9 Å². The van der Waals surface area contributed by atoms with Crippen LogP contribution in [-0.2, 0) is 4.74 Å². The Labute approximate surface area is 137 Å². The highest BCUT2D eigenvalue weighted by atomic mass is 79.9. The predicted molar refractivity (Wildman–Crippen MR) is 87.1 cm³/mol. The monoisotopic (exact) mass is 406 g/mol. The van der Waals surface area contributed by atoms with Gasteiger partial charge in [-0.15, -0.1) is 0 Å². The van der Waals surface area contributed by atoms with E-state index in [9.17, 15) is 0 Å². The van der Waals surface area contributed by atoms with Crippen LogP contribution in [0.15, 0.2) is 16.6 Å². The zero-order valence-corrected chi connectivity index (χ0v) is 15.2. The lowest BCUT2D eigenvalue weighted by atomic mass is 9.91. The van der Waals surface area contributed by atoms with Gasteiger partial charge < -0.3 is 14.2 Å². The van der Waals surface area contributed by atoms with E-state index >= 15 is 0 Å². The first kappa shape index (κ1) is 16.1. The van der Waals surface area contributed by atoms with Gasteiger partial charge in [-0.25, -0.2) is 0 Å². The van der Waals surface area contributed by atoms with Crippen molar-refractivity contribution in [2.24, 2.45) is 5.92 Å². The Morgan fingerprint density at radius 3 is 2.60 bits per heavy atom. The fourth-order valence-corrected chi connectivity index (χ4v) is 4.20. The van der Waals surface area contributed by atoms with Crippen LogP contribution in [0.25, 0.3) is 0 Å². The van der Waals surface area contributed by atoms with E-state index in [4.69, 9.17) is 14.2 Å². The normalized spacial score (nSPS) is 23.6. The SMILES string of the molecule is CCC1OCCC1C(Br)c1cc(OC)c(Br)cc1OC. The standard InChI is InChI=1S/C15H20Br2O3/c1-4-12-9(5-6-20-12)15(17)10-7-14(19-3)11(16)8-13(10)18-2/h7-9,12,15H,4-6H2,1-3H3. The van der Waals surface area contributed by atoms with Crippen molar-refractivity contribution in [3.05, 3.63) is 22.2 Å². The van der Waals surface area contributed by atoms with Crippen LogP contribution < -0.4 is 9.47 Å². The van der Waals surface area contributed by atoms with Crippen molar-refractivity contribution in [1.82, 2.24) is 0 Å². The molecule has 0 aromatic heterocycles. The Kier molecular flexibility index (Phi) is 5.75. The Morgan fingerprint density at radius 1 is 1.30 bits per heavy atom. The van der Waals surface area contributed by atoms with E-state index in [1.165, 1.54) is 0 Å². The molecule has 1 aromatic rings. The lowest BCUT2D eigenvalue weighted by Crippen LogP contribution is -2.19. The lowest BCUT2D eigenvalue weighted by molar-refractivity contribution is 0.0871. The second-order valence-electron chi connectivity index (χ2n) is 4.90. The van der Waals surface area contributed by atoms with E-state index < -0.39 is 0 Å². The number of benzene rings is 1. The molecule has 1 aliphatic rings. The van der Waals surface area contributed by atoms with E-state index in [1.54, 1.807) is 14.2 Å². The van der Waals surface area contributed by atoms with Gasteiger partial charge in [0.05, 0.1) is 24.8 Å². The first-order valence-electron chi connectivity index (χ1n) is 6.79. The summed E-state index contributed by atoms with van der Waals surface area (Å²) in [4.78, 5) is 0.201. The molecule has 0 aliphatic carbocycles. The van der Waals surface area contributed by atoms with Gasteiger partial charge in [0.1, 0.15) is 11.5 Å². The maximum absolute atomic E-state index is 5.80. The number of methoxy groups -OCH3 is 2. The molecule has 0 spiro atoms. The minimum absolute atomic E-state index is 0.201. The molecule has 112 valence electrons. The fourth-order valence-electron chi connectivity index (χ4n) is 2.75. The lowest BCUT2D eigenvalue weighted by Gasteiger charge is -2.24. The molecule has 0 amide bonds. The van der Waals surface area contributed by atoms with E-state index in [0.717, 1.165) is 41.0 Å².